The summed E-state index contributed by atoms with van der Waals surface area (Å²) in [6.07, 6.45) is 4.95. The van der Waals surface area contributed by atoms with Crippen molar-refractivity contribution in [1.82, 2.24) is 4.90 Å². The third-order valence-electron chi connectivity index (χ3n) is 3.96. The topological polar surface area (TPSA) is 64.8 Å². The van der Waals surface area contributed by atoms with Crippen LogP contribution in [-0.4, -0.2) is 55.4 Å². The average molecular weight is 270 g/mol. The first kappa shape index (κ1) is 14.8. The van der Waals surface area contributed by atoms with Gasteiger partial charge in [0.1, 0.15) is 6.10 Å². The second kappa shape index (κ2) is 7.22. The largest absolute Gasteiger partial charge is 0.378 e. The summed E-state index contributed by atoms with van der Waals surface area (Å²) < 4.78 is 11.4. The standard InChI is InChI=1S/C14H26N2O3/c1-11-3-4-13(19-11)14(17)16-8-5-12(6-9-16)18-10-2-7-15/h11-13H,2-10,15H2,1H3. The molecule has 110 valence electrons. The molecule has 0 bridgehead atoms. The lowest BCUT2D eigenvalue weighted by Gasteiger charge is -2.33. The highest BCUT2D eigenvalue weighted by molar-refractivity contribution is 5.81. The lowest BCUT2D eigenvalue weighted by molar-refractivity contribution is -0.145. The lowest BCUT2D eigenvalue weighted by Crippen LogP contribution is -2.45. The Morgan fingerprint density at radius 3 is 2.63 bits per heavy atom. The van der Waals surface area contributed by atoms with Crippen LogP contribution in [0.15, 0.2) is 0 Å². The van der Waals surface area contributed by atoms with Crippen LogP contribution in [0.1, 0.15) is 39.0 Å². The SMILES string of the molecule is CC1CCC(C(=O)N2CCC(OCCCN)CC2)O1. The summed E-state index contributed by atoms with van der Waals surface area (Å²) in [5, 5.41) is 0. The molecule has 2 fully saturated rings. The number of nitrogens with two attached hydrogens (primary N) is 1. The maximum Gasteiger partial charge on any atom is 0.251 e. The Hall–Kier alpha value is -0.650. The number of amides is 1. The summed E-state index contributed by atoms with van der Waals surface area (Å²) in [6, 6.07) is 0. The number of carbonyl (C=O) groups is 1. The first-order valence-corrected chi connectivity index (χ1v) is 7.46. The van der Waals surface area contributed by atoms with Crippen LogP contribution in [0.25, 0.3) is 0 Å². The van der Waals surface area contributed by atoms with E-state index in [1.807, 2.05) is 11.8 Å². The van der Waals surface area contributed by atoms with Gasteiger partial charge >= 0.3 is 0 Å². The van der Waals surface area contributed by atoms with E-state index in [0.29, 0.717) is 12.6 Å². The van der Waals surface area contributed by atoms with Gasteiger partial charge in [0.15, 0.2) is 0 Å². The third-order valence-corrected chi connectivity index (χ3v) is 3.96. The number of rotatable bonds is 5. The smallest absolute Gasteiger partial charge is 0.251 e. The zero-order valence-electron chi connectivity index (χ0n) is 11.8. The number of likely N-dealkylation sites (tertiary alicyclic amines) is 1. The van der Waals surface area contributed by atoms with Gasteiger partial charge in [0.2, 0.25) is 0 Å². The molecule has 5 heteroatoms. The number of nitrogens with zero attached hydrogens (tertiary/aromatic N) is 1. The van der Waals surface area contributed by atoms with Crippen LogP contribution in [0.3, 0.4) is 0 Å². The molecule has 0 aliphatic carbocycles. The number of hydrogen-bond acceptors (Lipinski definition) is 4. The van der Waals surface area contributed by atoms with Gasteiger partial charge in [-0.05, 0) is 45.6 Å². The molecule has 2 aliphatic rings. The van der Waals surface area contributed by atoms with Gasteiger partial charge in [0, 0.05) is 19.7 Å². The molecule has 1 amide bonds. The lowest BCUT2D eigenvalue weighted by atomic mass is 10.1. The van der Waals surface area contributed by atoms with Gasteiger partial charge in [-0.25, -0.2) is 0 Å². The van der Waals surface area contributed by atoms with Crippen molar-refractivity contribution in [2.45, 2.75) is 57.3 Å². The molecular formula is C14H26N2O3. The molecule has 2 N–H and O–H groups in total. The summed E-state index contributed by atoms with van der Waals surface area (Å²) in [4.78, 5) is 14.2. The van der Waals surface area contributed by atoms with Gasteiger partial charge in [-0.15, -0.1) is 0 Å². The molecule has 2 rings (SSSR count). The molecule has 19 heavy (non-hydrogen) atoms. The Bertz CT molecular complexity index is 290. The monoisotopic (exact) mass is 270 g/mol. The molecule has 0 radical (unpaired) electrons. The fraction of sp³-hybridized carbons (Fsp3) is 0.929. The fourth-order valence-electron chi connectivity index (χ4n) is 2.76. The average Bonchev–Trinajstić information content (AvgIpc) is 2.86. The van der Waals surface area contributed by atoms with Crippen LogP contribution in [0, 0.1) is 0 Å². The predicted molar refractivity (Wildman–Crippen MR) is 72.8 cm³/mol. The van der Waals surface area contributed by atoms with Crippen molar-refractivity contribution in [2.75, 3.05) is 26.2 Å². The van der Waals surface area contributed by atoms with Gasteiger partial charge in [0.05, 0.1) is 12.2 Å². The molecule has 0 aromatic heterocycles. The molecule has 5 nitrogen and oxygen atoms in total. The molecule has 0 aromatic carbocycles. The Kier molecular flexibility index (Phi) is 5.60. The fourth-order valence-corrected chi connectivity index (χ4v) is 2.76. The van der Waals surface area contributed by atoms with Crippen molar-refractivity contribution in [1.29, 1.82) is 0 Å². The van der Waals surface area contributed by atoms with Crippen molar-refractivity contribution in [3.63, 3.8) is 0 Å². The van der Waals surface area contributed by atoms with E-state index in [4.69, 9.17) is 15.2 Å². The quantitative estimate of drug-likeness (QED) is 0.754. The molecule has 0 aromatic rings. The zero-order chi connectivity index (χ0) is 13.7. The number of carbonyl (C=O) groups excluding carboxylic acids is 1. The van der Waals surface area contributed by atoms with Crippen LogP contribution in [0.4, 0.5) is 0 Å². The number of ether oxygens (including phenoxy) is 2. The van der Waals surface area contributed by atoms with Crippen molar-refractivity contribution in [3.8, 4) is 0 Å². The van der Waals surface area contributed by atoms with Crippen LogP contribution in [0.5, 0.6) is 0 Å². The molecule has 0 spiro atoms. The van der Waals surface area contributed by atoms with Gasteiger partial charge < -0.3 is 20.1 Å². The summed E-state index contributed by atoms with van der Waals surface area (Å²) in [7, 11) is 0. The van der Waals surface area contributed by atoms with Gasteiger partial charge in [-0.2, -0.15) is 0 Å². The van der Waals surface area contributed by atoms with Crippen molar-refractivity contribution in [2.24, 2.45) is 5.73 Å². The van der Waals surface area contributed by atoms with E-state index in [1.54, 1.807) is 0 Å². The van der Waals surface area contributed by atoms with E-state index in [2.05, 4.69) is 0 Å². The van der Waals surface area contributed by atoms with Gasteiger partial charge in [-0.1, -0.05) is 0 Å². The van der Waals surface area contributed by atoms with E-state index < -0.39 is 0 Å². The maximum atomic E-state index is 12.3. The molecular weight excluding hydrogens is 244 g/mol. The van der Waals surface area contributed by atoms with E-state index >= 15 is 0 Å². The van der Waals surface area contributed by atoms with Gasteiger partial charge in [-0.3, -0.25) is 4.79 Å². The second-order valence-electron chi connectivity index (χ2n) is 5.55. The summed E-state index contributed by atoms with van der Waals surface area (Å²) in [6.45, 7) is 5.03. The zero-order valence-corrected chi connectivity index (χ0v) is 11.8. The van der Waals surface area contributed by atoms with Crippen LogP contribution in [0.2, 0.25) is 0 Å². The maximum absolute atomic E-state index is 12.3. The minimum absolute atomic E-state index is 0.171. The van der Waals surface area contributed by atoms with Crippen LogP contribution >= 0.6 is 0 Å². The van der Waals surface area contributed by atoms with Crippen LogP contribution < -0.4 is 5.73 Å². The Morgan fingerprint density at radius 1 is 1.32 bits per heavy atom. The second-order valence-corrected chi connectivity index (χ2v) is 5.55. The Labute approximate surface area is 115 Å². The minimum atomic E-state index is -0.204. The van der Waals surface area contributed by atoms with Gasteiger partial charge in [0.25, 0.3) is 5.91 Å². The highest BCUT2D eigenvalue weighted by Crippen LogP contribution is 2.23. The molecule has 2 unspecified atom stereocenters. The van der Waals surface area contributed by atoms with Crippen LogP contribution in [-0.2, 0) is 14.3 Å². The summed E-state index contributed by atoms with van der Waals surface area (Å²) >= 11 is 0. The van der Waals surface area contributed by atoms with E-state index in [9.17, 15) is 4.79 Å². The number of hydrogen-bond donors (Lipinski definition) is 1. The molecule has 2 heterocycles. The Morgan fingerprint density at radius 2 is 2.05 bits per heavy atom. The first-order valence-electron chi connectivity index (χ1n) is 7.46. The molecule has 2 saturated heterocycles. The van der Waals surface area contributed by atoms with Crippen molar-refractivity contribution < 1.29 is 14.3 Å². The summed E-state index contributed by atoms with van der Waals surface area (Å²) in [5.74, 6) is 0.171. The normalized spacial score (nSPS) is 28.8. The Balaban J connectivity index is 1.69. The highest BCUT2D eigenvalue weighted by Gasteiger charge is 2.33. The molecule has 0 saturated carbocycles. The molecule has 2 atom stereocenters. The first-order chi connectivity index (χ1) is 9.20. The highest BCUT2D eigenvalue weighted by atomic mass is 16.5. The molecule has 2 aliphatic heterocycles. The van der Waals surface area contributed by atoms with Crippen molar-refractivity contribution in [3.05, 3.63) is 0 Å². The van der Waals surface area contributed by atoms with E-state index in [1.165, 1.54) is 0 Å². The predicted octanol–water partition coefficient (Wildman–Crippen LogP) is 0.910. The number of piperidine rings is 1. The van der Waals surface area contributed by atoms with E-state index in [-0.39, 0.29) is 18.1 Å². The van der Waals surface area contributed by atoms with Crippen molar-refractivity contribution >= 4 is 5.91 Å². The van der Waals surface area contributed by atoms with E-state index in [0.717, 1.165) is 51.8 Å². The minimum Gasteiger partial charge on any atom is -0.378 e. The summed E-state index contributed by atoms with van der Waals surface area (Å²) in [5.41, 5.74) is 5.44. The third kappa shape index (κ3) is 4.16.